The van der Waals surface area contributed by atoms with Gasteiger partial charge in [-0.2, -0.15) is 0 Å². The second kappa shape index (κ2) is 24.8. The molecule has 1 N–H and O–H groups in total. The van der Waals surface area contributed by atoms with E-state index in [4.69, 9.17) is 12.2 Å². The summed E-state index contributed by atoms with van der Waals surface area (Å²) < 4.78 is 15.0. The highest BCUT2D eigenvalue weighted by Crippen LogP contribution is 2.48. The molecule has 0 aliphatic carbocycles. The molecule has 210 valence electrons. The average Bonchev–Trinajstić information content (AvgIpc) is 2.84. The maximum atomic E-state index is 14.2. The van der Waals surface area contributed by atoms with E-state index in [0.717, 1.165) is 35.2 Å². The van der Waals surface area contributed by atoms with E-state index in [9.17, 15) is 4.57 Å². The van der Waals surface area contributed by atoms with Crippen molar-refractivity contribution in [3.63, 3.8) is 0 Å². The average molecular weight is 548 g/mol. The van der Waals surface area contributed by atoms with Crippen molar-refractivity contribution >= 4 is 35.6 Å². The predicted octanol–water partition coefficient (Wildman–Crippen LogP) is 11.6. The normalized spacial score (nSPS) is 15.0. The molecular formula is C30H62NOPS2. The summed E-state index contributed by atoms with van der Waals surface area (Å²) in [5.74, 6) is 2.16. The molecule has 0 rings (SSSR count). The second-order valence-electron chi connectivity index (χ2n) is 10.9. The van der Waals surface area contributed by atoms with Crippen LogP contribution >= 0.6 is 31.3 Å². The Kier molecular flexibility index (Phi) is 25.1. The Balaban J connectivity index is 4.44. The summed E-state index contributed by atoms with van der Waals surface area (Å²) >= 11 is 7.45. The van der Waals surface area contributed by atoms with E-state index in [-0.39, 0.29) is 0 Å². The first-order valence-corrected chi connectivity index (χ1v) is 18.9. The van der Waals surface area contributed by atoms with Gasteiger partial charge in [0, 0.05) is 18.1 Å². The molecule has 0 heterocycles. The molecule has 2 atom stereocenters. The van der Waals surface area contributed by atoms with Gasteiger partial charge >= 0.3 is 0 Å². The minimum atomic E-state index is -2.50. The van der Waals surface area contributed by atoms with Crippen LogP contribution in [0.2, 0.25) is 0 Å². The Labute approximate surface area is 231 Å². The summed E-state index contributed by atoms with van der Waals surface area (Å²) in [6.07, 6.45) is 26.3. The van der Waals surface area contributed by atoms with Crippen molar-refractivity contribution < 1.29 is 4.57 Å². The van der Waals surface area contributed by atoms with E-state index in [0.29, 0.717) is 11.8 Å². The Morgan fingerprint density at radius 3 is 1.46 bits per heavy atom. The lowest BCUT2D eigenvalue weighted by Gasteiger charge is -2.28. The first-order chi connectivity index (χ1) is 16.9. The Morgan fingerprint density at radius 1 is 0.657 bits per heavy atom. The fraction of sp³-hybridized carbons (Fsp3) is 0.967. The molecule has 0 aliphatic rings. The first kappa shape index (κ1) is 35.5. The van der Waals surface area contributed by atoms with E-state index >= 15 is 0 Å². The largest absolute Gasteiger partial charge is 0.322 e. The van der Waals surface area contributed by atoms with Gasteiger partial charge in [0.1, 0.15) is 4.32 Å². The highest BCUT2D eigenvalue weighted by molar-refractivity contribution is 8.23. The minimum absolute atomic E-state index is 0.552. The zero-order valence-corrected chi connectivity index (χ0v) is 26.9. The van der Waals surface area contributed by atoms with E-state index in [1.54, 1.807) is 11.8 Å². The molecule has 0 aromatic rings. The van der Waals surface area contributed by atoms with Gasteiger partial charge in [-0.25, -0.2) is 0 Å². The van der Waals surface area contributed by atoms with Crippen LogP contribution in [0.3, 0.4) is 0 Å². The number of rotatable bonds is 25. The van der Waals surface area contributed by atoms with Gasteiger partial charge in [0.05, 0.1) is 0 Å². The van der Waals surface area contributed by atoms with Crippen LogP contribution in [0.25, 0.3) is 0 Å². The number of thiocarbonyl (C=S) groups is 1. The number of nitrogens with one attached hydrogen (secondary N) is 1. The topological polar surface area (TPSA) is 29.1 Å². The second-order valence-corrected chi connectivity index (χ2v) is 15.4. The van der Waals surface area contributed by atoms with Crippen molar-refractivity contribution in [1.29, 1.82) is 0 Å². The van der Waals surface area contributed by atoms with Gasteiger partial charge in [0.15, 0.2) is 7.29 Å². The van der Waals surface area contributed by atoms with Crippen LogP contribution in [0.5, 0.6) is 0 Å². The van der Waals surface area contributed by atoms with Crippen molar-refractivity contribution in [2.45, 2.75) is 157 Å². The zero-order valence-electron chi connectivity index (χ0n) is 24.4. The van der Waals surface area contributed by atoms with Gasteiger partial charge in [-0.15, -0.1) is 0 Å². The molecule has 0 amide bonds. The molecule has 0 fully saturated rings. The molecule has 0 saturated heterocycles. The zero-order chi connectivity index (χ0) is 26.2. The molecule has 5 heteroatoms. The summed E-state index contributed by atoms with van der Waals surface area (Å²) in [7, 11) is -2.50. The standard InChI is InChI=1S/C30H62NOPS2/c1-6-11-14-15-16-17-18-19-20-21-22-25-35-30(34)31-33(32,26-28(9-4)23-12-7-2)27-29(10-5)24-13-8-3/h28-29H,6-27H2,1-5H3,(H,31,32,34). The van der Waals surface area contributed by atoms with Gasteiger partial charge in [-0.1, -0.05) is 161 Å². The van der Waals surface area contributed by atoms with Crippen molar-refractivity contribution in [3.05, 3.63) is 0 Å². The third kappa shape index (κ3) is 21.1. The Morgan fingerprint density at radius 2 is 1.06 bits per heavy atom. The molecule has 35 heavy (non-hydrogen) atoms. The monoisotopic (exact) mass is 547 g/mol. The molecule has 2 unspecified atom stereocenters. The lowest BCUT2D eigenvalue weighted by atomic mass is 10.0. The third-order valence-electron chi connectivity index (χ3n) is 7.47. The van der Waals surface area contributed by atoms with Gasteiger partial charge in [-0.3, -0.25) is 0 Å². The number of unbranched alkanes of at least 4 members (excludes halogenated alkanes) is 12. The molecule has 0 bridgehead atoms. The smallest absolute Gasteiger partial charge is 0.171 e. The molecule has 0 aromatic carbocycles. The van der Waals surface area contributed by atoms with Crippen molar-refractivity contribution in [2.75, 3.05) is 18.1 Å². The lowest BCUT2D eigenvalue weighted by Crippen LogP contribution is -2.25. The van der Waals surface area contributed by atoms with Crippen molar-refractivity contribution in [3.8, 4) is 0 Å². The van der Waals surface area contributed by atoms with Gasteiger partial charge < -0.3 is 9.65 Å². The summed E-state index contributed by atoms with van der Waals surface area (Å²) in [6, 6.07) is 0. The molecule has 2 nitrogen and oxygen atoms in total. The molecule has 0 saturated carbocycles. The van der Waals surface area contributed by atoms with E-state index in [2.05, 4.69) is 39.7 Å². The molecular weight excluding hydrogens is 485 g/mol. The maximum absolute atomic E-state index is 14.2. The van der Waals surface area contributed by atoms with E-state index < -0.39 is 7.29 Å². The lowest BCUT2D eigenvalue weighted by molar-refractivity contribution is 0.461. The van der Waals surface area contributed by atoms with Gasteiger partial charge in [0.25, 0.3) is 0 Å². The van der Waals surface area contributed by atoms with Crippen LogP contribution in [0.15, 0.2) is 0 Å². The summed E-state index contributed by atoms with van der Waals surface area (Å²) in [4.78, 5) is 0. The molecule has 0 aliphatic heterocycles. The van der Waals surface area contributed by atoms with Crippen LogP contribution < -0.4 is 5.09 Å². The highest BCUT2D eigenvalue weighted by atomic mass is 32.2. The molecule has 0 aromatic heterocycles. The van der Waals surface area contributed by atoms with Crippen molar-refractivity contribution in [2.24, 2.45) is 11.8 Å². The third-order valence-corrected chi connectivity index (χ3v) is 11.9. The summed E-state index contributed by atoms with van der Waals surface area (Å²) in [5, 5.41) is 3.47. The Bertz CT molecular complexity index is 506. The number of hydrogen-bond donors (Lipinski definition) is 1. The van der Waals surface area contributed by atoms with Crippen LogP contribution in [0.1, 0.15) is 157 Å². The van der Waals surface area contributed by atoms with Crippen LogP contribution in [0.4, 0.5) is 0 Å². The number of thioether (sulfide) groups is 1. The fourth-order valence-corrected chi connectivity index (χ4v) is 10.2. The highest BCUT2D eigenvalue weighted by Gasteiger charge is 2.29. The van der Waals surface area contributed by atoms with Crippen LogP contribution in [0, 0.1) is 11.8 Å². The quantitative estimate of drug-likeness (QED) is 0.0699. The Hall–Kier alpha value is 0.470. The minimum Gasteiger partial charge on any atom is -0.322 e. The summed E-state index contributed by atoms with van der Waals surface area (Å²) in [5.41, 5.74) is 0. The first-order valence-electron chi connectivity index (χ1n) is 15.5. The van der Waals surface area contributed by atoms with Gasteiger partial charge in [0.2, 0.25) is 0 Å². The van der Waals surface area contributed by atoms with Gasteiger partial charge in [-0.05, 0) is 31.1 Å². The SMILES string of the molecule is CCCCCCCCCCCCCSC(=S)NP(=O)(CC(CC)CCCC)CC(CC)CCCC. The molecule has 0 radical (unpaired) electrons. The fourth-order valence-electron chi connectivity index (χ4n) is 4.96. The van der Waals surface area contributed by atoms with Crippen LogP contribution in [-0.4, -0.2) is 22.4 Å². The summed E-state index contributed by atoms with van der Waals surface area (Å²) in [6.45, 7) is 11.3. The van der Waals surface area contributed by atoms with E-state index in [1.165, 1.54) is 109 Å². The predicted molar refractivity (Wildman–Crippen MR) is 169 cm³/mol. The molecule has 0 spiro atoms. The van der Waals surface area contributed by atoms with Crippen molar-refractivity contribution in [1.82, 2.24) is 5.09 Å². The maximum Gasteiger partial charge on any atom is 0.171 e. The van der Waals surface area contributed by atoms with Crippen LogP contribution in [-0.2, 0) is 4.57 Å². The number of hydrogen-bond acceptors (Lipinski definition) is 3. The van der Waals surface area contributed by atoms with E-state index in [1.807, 2.05) is 0 Å².